The molecule has 0 bridgehead atoms. The highest BCUT2D eigenvalue weighted by molar-refractivity contribution is 5.87. The van der Waals surface area contributed by atoms with Gasteiger partial charge in [0.05, 0.1) is 0 Å². The summed E-state index contributed by atoms with van der Waals surface area (Å²) in [4.78, 5) is 52.8. The van der Waals surface area contributed by atoms with E-state index >= 15 is 0 Å². The molecule has 0 radical (unpaired) electrons. The Kier molecular flexibility index (Phi) is 19.7. The standard InChI is InChI=1S/C13H14N4O2.C12H12N4O2.C12H14N4.C11H11N3O/c1-9(18)17-13-6-12(15-8-16-13)14-7-10-3-2-4-11(19)5-10;17-8-16-12-5-11(14-7-15-12)13-6-9-2-1-3-10(18)4-9;1-9-3-2-4-10(5-9)7-14-12-6-11(13)15-8-16-12;15-10-3-1-2-9(6-10)7-13-11-4-5-12-8-14-11/h2-6,8,19H,7H2,1H3,(H2,14,15,16,17,18);1-5,7-8,18H,6H2,(H2,13,14,15,16,17);2-6,8H,7H2,1H3,(H3,13,14,15,16);1-6,8,15H,7H2,(H,12,13,14). The number of nitrogens with zero attached hydrogens (tertiary/aromatic N) is 8. The third-order valence-corrected chi connectivity index (χ3v) is 8.82. The average Bonchev–Trinajstić information content (AvgIpc) is 3.33. The highest BCUT2D eigenvalue weighted by Crippen LogP contribution is 2.16. The zero-order chi connectivity index (χ0) is 48.4. The monoisotopic (exact) mass is 917 g/mol. The van der Waals surface area contributed by atoms with Crippen molar-refractivity contribution in [2.45, 2.75) is 40.0 Å². The van der Waals surface area contributed by atoms with Crippen molar-refractivity contribution in [3.63, 3.8) is 0 Å². The summed E-state index contributed by atoms with van der Waals surface area (Å²) in [6, 6.07) is 36.1. The fourth-order valence-electron chi connectivity index (χ4n) is 5.75. The number of phenols is 3. The molecule has 4 aromatic carbocycles. The Morgan fingerprint density at radius 2 is 0.941 bits per heavy atom. The predicted octanol–water partition coefficient (Wildman–Crippen LogP) is 6.89. The molecule has 4 aromatic heterocycles. The van der Waals surface area contributed by atoms with Crippen LogP contribution in [0.1, 0.15) is 34.7 Å². The van der Waals surface area contributed by atoms with E-state index in [2.05, 4.69) is 96.9 Å². The molecular formula is C48H51N15O5. The molecular weight excluding hydrogens is 867 g/mol. The van der Waals surface area contributed by atoms with Gasteiger partial charge >= 0.3 is 0 Å². The van der Waals surface area contributed by atoms with Gasteiger partial charge in [-0.2, -0.15) is 0 Å². The number of hydrogen-bond donors (Lipinski definition) is 10. The minimum atomic E-state index is -0.183. The summed E-state index contributed by atoms with van der Waals surface area (Å²) in [5.74, 6) is 4.60. The van der Waals surface area contributed by atoms with Gasteiger partial charge in [-0.3, -0.25) is 9.59 Å². The maximum atomic E-state index is 10.9. The third kappa shape index (κ3) is 19.1. The summed E-state index contributed by atoms with van der Waals surface area (Å²) < 4.78 is 0. The zero-order valence-electron chi connectivity index (χ0n) is 37.2. The minimum Gasteiger partial charge on any atom is -0.508 e. The summed E-state index contributed by atoms with van der Waals surface area (Å²) in [5, 5.41) is 45.4. The molecule has 0 spiro atoms. The largest absolute Gasteiger partial charge is 0.508 e. The lowest BCUT2D eigenvalue weighted by molar-refractivity contribution is -0.114. The second-order valence-corrected chi connectivity index (χ2v) is 14.4. The second-order valence-electron chi connectivity index (χ2n) is 14.4. The van der Waals surface area contributed by atoms with Crippen molar-refractivity contribution in [3.05, 3.63) is 181 Å². The van der Waals surface area contributed by atoms with E-state index in [9.17, 15) is 24.9 Å². The van der Waals surface area contributed by atoms with Crippen LogP contribution in [0.2, 0.25) is 0 Å². The van der Waals surface area contributed by atoms with Crippen LogP contribution in [0.25, 0.3) is 0 Å². The van der Waals surface area contributed by atoms with Crippen molar-refractivity contribution < 1.29 is 24.9 Å². The Morgan fingerprint density at radius 3 is 1.40 bits per heavy atom. The molecule has 11 N–H and O–H groups in total. The van der Waals surface area contributed by atoms with Crippen molar-refractivity contribution in [1.82, 2.24) is 39.9 Å². The average molecular weight is 918 g/mol. The lowest BCUT2D eigenvalue weighted by atomic mass is 10.1. The number of rotatable bonds is 15. The SMILES string of the molecule is CC(=O)Nc1cc(NCc2cccc(O)c2)ncn1.Cc1cccc(CNc2cc(N)ncn2)c1.O=CNc1cc(NCc2cccc(O)c2)ncn1.Oc1cccc(CNc2ccncn2)c1. The lowest BCUT2D eigenvalue weighted by Crippen LogP contribution is -2.09. The van der Waals surface area contributed by atoms with Crippen LogP contribution >= 0.6 is 0 Å². The number of aromatic nitrogens is 8. The number of benzene rings is 4. The molecule has 8 aromatic rings. The Morgan fingerprint density at radius 1 is 0.515 bits per heavy atom. The molecule has 0 aliphatic rings. The quantitative estimate of drug-likeness (QED) is 0.0468. The maximum Gasteiger partial charge on any atom is 0.222 e. The molecule has 0 aliphatic heterocycles. The fourth-order valence-corrected chi connectivity index (χ4v) is 5.75. The van der Waals surface area contributed by atoms with Crippen LogP contribution in [-0.4, -0.2) is 67.5 Å². The number of amides is 2. The Labute approximate surface area is 392 Å². The van der Waals surface area contributed by atoms with Gasteiger partial charge in [-0.25, -0.2) is 39.9 Å². The Bertz CT molecular complexity index is 2760. The number of nitrogens with two attached hydrogens (primary N) is 1. The van der Waals surface area contributed by atoms with Crippen LogP contribution in [0.3, 0.4) is 0 Å². The summed E-state index contributed by atoms with van der Waals surface area (Å²) >= 11 is 0. The molecule has 20 heteroatoms. The first-order valence-corrected chi connectivity index (χ1v) is 20.8. The molecule has 4 heterocycles. The number of phenolic OH excluding ortho intramolecular Hbond substituents is 3. The number of aromatic hydroxyl groups is 3. The van der Waals surface area contributed by atoms with Gasteiger partial charge in [0.1, 0.15) is 83.3 Å². The number of aryl methyl sites for hydroxylation is 1. The molecule has 20 nitrogen and oxygen atoms in total. The van der Waals surface area contributed by atoms with Crippen LogP contribution in [-0.2, 0) is 35.8 Å². The number of nitrogen functional groups attached to an aromatic ring is 1. The highest BCUT2D eigenvalue weighted by atomic mass is 16.3. The Hall–Kier alpha value is -9.46. The van der Waals surface area contributed by atoms with E-state index < -0.39 is 0 Å². The van der Waals surface area contributed by atoms with Crippen LogP contribution in [0, 0.1) is 6.92 Å². The van der Waals surface area contributed by atoms with Crippen molar-refractivity contribution in [2.24, 2.45) is 0 Å². The van der Waals surface area contributed by atoms with E-state index in [0.717, 1.165) is 34.9 Å². The van der Waals surface area contributed by atoms with E-state index in [1.54, 1.807) is 79.0 Å². The number of carbonyl (C=O) groups excluding carboxylic acids is 2. The van der Waals surface area contributed by atoms with Crippen LogP contribution in [0.4, 0.5) is 40.7 Å². The lowest BCUT2D eigenvalue weighted by Gasteiger charge is -2.07. The second kappa shape index (κ2) is 27.0. The van der Waals surface area contributed by atoms with Gasteiger partial charge in [0.15, 0.2) is 0 Å². The molecule has 8 rings (SSSR count). The minimum absolute atomic E-state index is 0.183. The van der Waals surface area contributed by atoms with E-state index in [1.165, 1.54) is 43.4 Å². The molecule has 348 valence electrons. The number of carbonyl (C=O) groups is 2. The molecule has 0 saturated heterocycles. The van der Waals surface area contributed by atoms with Crippen molar-refractivity contribution in [2.75, 3.05) is 37.6 Å². The van der Waals surface area contributed by atoms with Gasteiger partial charge in [0.2, 0.25) is 12.3 Å². The van der Waals surface area contributed by atoms with Crippen molar-refractivity contribution >= 4 is 53.0 Å². The summed E-state index contributed by atoms with van der Waals surface area (Å²) in [5.41, 5.74) is 10.9. The summed E-state index contributed by atoms with van der Waals surface area (Å²) in [6.45, 7) is 5.90. The zero-order valence-corrected chi connectivity index (χ0v) is 37.2. The van der Waals surface area contributed by atoms with Gasteiger partial charge in [0.25, 0.3) is 0 Å². The summed E-state index contributed by atoms with van der Waals surface area (Å²) in [6.07, 6.45) is 7.91. The highest BCUT2D eigenvalue weighted by Gasteiger charge is 2.03. The Balaban J connectivity index is 0.000000170. The van der Waals surface area contributed by atoms with Gasteiger partial charge < -0.3 is 53.0 Å². The molecule has 68 heavy (non-hydrogen) atoms. The predicted molar refractivity (Wildman–Crippen MR) is 261 cm³/mol. The maximum absolute atomic E-state index is 10.9. The van der Waals surface area contributed by atoms with E-state index in [-0.39, 0.29) is 23.2 Å². The molecule has 0 atom stereocenters. The van der Waals surface area contributed by atoms with Crippen LogP contribution in [0.5, 0.6) is 17.2 Å². The number of anilines is 7. The molecule has 2 amide bonds. The van der Waals surface area contributed by atoms with Gasteiger partial charge in [-0.05, 0) is 71.6 Å². The first kappa shape index (κ1) is 49.6. The first-order chi connectivity index (χ1) is 33.0. The smallest absolute Gasteiger partial charge is 0.222 e. The topological polar surface area (TPSA) is 296 Å². The molecule has 0 aliphatic carbocycles. The third-order valence-electron chi connectivity index (χ3n) is 8.82. The van der Waals surface area contributed by atoms with E-state index in [0.29, 0.717) is 55.1 Å². The molecule has 0 unspecified atom stereocenters. The van der Waals surface area contributed by atoms with Gasteiger partial charge in [-0.15, -0.1) is 0 Å². The van der Waals surface area contributed by atoms with Crippen LogP contribution < -0.4 is 37.6 Å². The van der Waals surface area contributed by atoms with Crippen molar-refractivity contribution in [3.8, 4) is 17.2 Å². The fraction of sp³-hybridized carbons (Fsp3) is 0.125. The molecule has 0 saturated carbocycles. The van der Waals surface area contributed by atoms with Crippen LogP contribution in [0.15, 0.2) is 153 Å². The molecule has 0 fully saturated rings. The first-order valence-electron chi connectivity index (χ1n) is 20.8. The van der Waals surface area contributed by atoms with E-state index in [1.807, 2.05) is 30.3 Å². The number of nitrogens with one attached hydrogen (secondary N) is 6. The summed E-state index contributed by atoms with van der Waals surface area (Å²) in [7, 11) is 0. The number of hydrogen-bond acceptors (Lipinski definition) is 18. The van der Waals surface area contributed by atoms with Crippen molar-refractivity contribution in [1.29, 1.82) is 0 Å². The van der Waals surface area contributed by atoms with Gasteiger partial charge in [-0.1, -0.05) is 66.2 Å². The van der Waals surface area contributed by atoms with E-state index in [4.69, 9.17) is 5.73 Å². The van der Waals surface area contributed by atoms with Gasteiger partial charge in [0, 0.05) is 57.5 Å². The normalized spacial score (nSPS) is 9.91.